The van der Waals surface area contributed by atoms with Gasteiger partial charge in [-0.1, -0.05) is 20.8 Å². The van der Waals surface area contributed by atoms with Crippen LogP contribution in [0.25, 0.3) is 0 Å². The van der Waals surface area contributed by atoms with Crippen molar-refractivity contribution in [2.75, 3.05) is 19.6 Å². The molecule has 0 aliphatic heterocycles. The van der Waals surface area contributed by atoms with Crippen LogP contribution >= 0.6 is 0 Å². The van der Waals surface area contributed by atoms with Gasteiger partial charge in [-0.3, -0.25) is 0 Å². The first-order valence-corrected chi connectivity index (χ1v) is 6.27. The summed E-state index contributed by atoms with van der Waals surface area (Å²) in [6, 6.07) is 0. The average Bonchev–Trinajstić information content (AvgIpc) is 2.04. The van der Waals surface area contributed by atoms with Gasteiger partial charge >= 0.3 is 0 Å². The molecule has 4 nitrogen and oxygen atoms in total. The molecule has 80 valence electrons. The highest BCUT2D eigenvalue weighted by atomic mass is 32.2. The van der Waals surface area contributed by atoms with Crippen LogP contribution in [0.2, 0.25) is 0 Å². The van der Waals surface area contributed by atoms with E-state index in [0.29, 0.717) is 19.6 Å². The van der Waals surface area contributed by atoms with Gasteiger partial charge in [-0.15, -0.1) is 0 Å². The third kappa shape index (κ3) is 4.59. The van der Waals surface area contributed by atoms with Crippen LogP contribution < -0.4 is 4.72 Å². The van der Waals surface area contributed by atoms with Crippen molar-refractivity contribution in [3.8, 4) is 0 Å². The molecule has 0 aromatic carbocycles. The predicted octanol–water partition coefficient (Wildman–Crippen LogP) is 0.963. The zero-order valence-corrected chi connectivity index (χ0v) is 9.52. The maximum atomic E-state index is 11.5. The van der Waals surface area contributed by atoms with E-state index in [1.807, 2.05) is 13.8 Å². The van der Waals surface area contributed by atoms with Crippen molar-refractivity contribution in [3.63, 3.8) is 0 Å². The number of hydrogen-bond donors (Lipinski definition) is 1. The molecular weight excluding hydrogens is 188 g/mol. The van der Waals surface area contributed by atoms with Crippen LogP contribution in [-0.2, 0) is 10.2 Å². The second-order valence-corrected chi connectivity index (χ2v) is 4.66. The minimum atomic E-state index is -3.21. The summed E-state index contributed by atoms with van der Waals surface area (Å²) in [5, 5.41) is 0. The van der Waals surface area contributed by atoms with E-state index >= 15 is 0 Å². The van der Waals surface area contributed by atoms with E-state index in [2.05, 4.69) is 4.72 Å². The van der Waals surface area contributed by atoms with Crippen molar-refractivity contribution in [1.82, 2.24) is 9.03 Å². The molecule has 5 heteroatoms. The van der Waals surface area contributed by atoms with Gasteiger partial charge in [0.25, 0.3) is 10.2 Å². The van der Waals surface area contributed by atoms with Crippen LogP contribution in [0.15, 0.2) is 0 Å². The zero-order valence-electron chi connectivity index (χ0n) is 8.71. The average molecular weight is 208 g/mol. The molecule has 0 fully saturated rings. The largest absolute Gasteiger partial charge is 0.279 e. The van der Waals surface area contributed by atoms with Gasteiger partial charge in [-0.05, 0) is 12.8 Å². The molecule has 0 saturated heterocycles. The highest BCUT2D eigenvalue weighted by Gasteiger charge is 2.18. The van der Waals surface area contributed by atoms with Crippen LogP contribution in [0.1, 0.15) is 33.6 Å². The van der Waals surface area contributed by atoms with Crippen LogP contribution in [0, 0.1) is 0 Å². The summed E-state index contributed by atoms with van der Waals surface area (Å²) in [7, 11) is -3.21. The fourth-order valence-electron chi connectivity index (χ4n) is 1.12. The lowest BCUT2D eigenvalue weighted by molar-refractivity contribution is 0.403. The summed E-state index contributed by atoms with van der Waals surface area (Å²) in [4.78, 5) is 0. The van der Waals surface area contributed by atoms with Crippen LogP contribution in [-0.4, -0.2) is 32.4 Å². The second-order valence-electron chi connectivity index (χ2n) is 2.90. The van der Waals surface area contributed by atoms with Gasteiger partial charge < -0.3 is 0 Å². The second kappa shape index (κ2) is 6.34. The minimum Gasteiger partial charge on any atom is -0.202 e. The van der Waals surface area contributed by atoms with E-state index in [0.717, 1.165) is 12.8 Å². The maximum absolute atomic E-state index is 11.5. The molecule has 0 aliphatic carbocycles. The Morgan fingerprint density at radius 2 is 1.54 bits per heavy atom. The van der Waals surface area contributed by atoms with Crippen LogP contribution in [0.5, 0.6) is 0 Å². The Morgan fingerprint density at radius 1 is 1.08 bits per heavy atom. The fourth-order valence-corrected chi connectivity index (χ4v) is 2.52. The normalized spacial score (nSPS) is 12.3. The standard InChI is InChI=1S/C8H20N2O2S/c1-4-7-10(8-5-2)13(11,12)9-6-3/h9H,4-8H2,1-3H3. The predicted molar refractivity (Wildman–Crippen MR) is 54.8 cm³/mol. The van der Waals surface area contributed by atoms with Crippen LogP contribution in [0.4, 0.5) is 0 Å². The summed E-state index contributed by atoms with van der Waals surface area (Å²) in [5.41, 5.74) is 0. The molecule has 1 N–H and O–H groups in total. The molecular formula is C8H20N2O2S. The summed E-state index contributed by atoms with van der Waals surface area (Å²) >= 11 is 0. The molecule has 0 radical (unpaired) electrons. The summed E-state index contributed by atoms with van der Waals surface area (Å²) in [6.07, 6.45) is 1.70. The number of nitrogens with zero attached hydrogens (tertiary/aromatic N) is 1. The van der Waals surface area contributed by atoms with Crippen molar-refractivity contribution in [1.29, 1.82) is 0 Å². The first kappa shape index (κ1) is 12.9. The van der Waals surface area contributed by atoms with Gasteiger partial charge in [0.1, 0.15) is 0 Å². The smallest absolute Gasteiger partial charge is 0.202 e. The number of rotatable bonds is 7. The SMILES string of the molecule is CCCN(CCC)S(=O)(=O)NCC. The highest BCUT2D eigenvalue weighted by Crippen LogP contribution is 2.00. The van der Waals surface area contributed by atoms with Gasteiger partial charge in [0.15, 0.2) is 0 Å². The van der Waals surface area contributed by atoms with E-state index in [9.17, 15) is 8.42 Å². The monoisotopic (exact) mass is 208 g/mol. The highest BCUT2D eigenvalue weighted by molar-refractivity contribution is 7.87. The Labute approximate surface area is 81.5 Å². The van der Waals surface area contributed by atoms with Crippen molar-refractivity contribution in [2.24, 2.45) is 0 Å². The first-order chi connectivity index (χ1) is 6.08. The van der Waals surface area contributed by atoms with Gasteiger partial charge in [-0.2, -0.15) is 12.7 Å². The Bertz CT molecular complexity index is 208. The Morgan fingerprint density at radius 3 is 1.85 bits per heavy atom. The fraction of sp³-hybridized carbons (Fsp3) is 1.00. The van der Waals surface area contributed by atoms with E-state index in [1.54, 1.807) is 6.92 Å². The van der Waals surface area contributed by atoms with Crippen molar-refractivity contribution < 1.29 is 8.42 Å². The van der Waals surface area contributed by atoms with E-state index in [1.165, 1.54) is 4.31 Å². The Hall–Kier alpha value is -0.130. The Kier molecular flexibility index (Phi) is 6.28. The molecule has 0 heterocycles. The van der Waals surface area contributed by atoms with Gasteiger partial charge in [0, 0.05) is 19.6 Å². The van der Waals surface area contributed by atoms with E-state index < -0.39 is 10.2 Å². The van der Waals surface area contributed by atoms with Crippen LogP contribution in [0.3, 0.4) is 0 Å². The molecule has 0 atom stereocenters. The van der Waals surface area contributed by atoms with Gasteiger partial charge in [-0.25, -0.2) is 4.72 Å². The lowest BCUT2D eigenvalue weighted by Gasteiger charge is -2.20. The van der Waals surface area contributed by atoms with E-state index in [-0.39, 0.29) is 0 Å². The molecule has 0 aromatic rings. The summed E-state index contributed by atoms with van der Waals surface area (Å²) < 4.78 is 27.0. The third-order valence-electron chi connectivity index (χ3n) is 1.61. The number of hydrogen-bond acceptors (Lipinski definition) is 2. The molecule has 0 aliphatic rings. The molecule has 0 aromatic heterocycles. The maximum Gasteiger partial charge on any atom is 0.279 e. The first-order valence-electron chi connectivity index (χ1n) is 4.83. The lowest BCUT2D eigenvalue weighted by atomic mass is 10.4. The molecule has 13 heavy (non-hydrogen) atoms. The Balaban J connectivity index is 4.33. The molecule has 0 bridgehead atoms. The minimum absolute atomic E-state index is 0.451. The van der Waals surface area contributed by atoms with Crippen molar-refractivity contribution >= 4 is 10.2 Å². The number of nitrogens with one attached hydrogen (secondary N) is 1. The molecule has 0 spiro atoms. The molecule has 0 amide bonds. The van der Waals surface area contributed by atoms with Crippen molar-refractivity contribution in [2.45, 2.75) is 33.6 Å². The van der Waals surface area contributed by atoms with Crippen molar-refractivity contribution in [3.05, 3.63) is 0 Å². The van der Waals surface area contributed by atoms with Gasteiger partial charge in [0.2, 0.25) is 0 Å². The molecule has 0 unspecified atom stereocenters. The van der Waals surface area contributed by atoms with E-state index in [4.69, 9.17) is 0 Å². The molecule has 0 saturated carbocycles. The topological polar surface area (TPSA) is 49.4 Å². The molecule has 0 rings (SSSR count). The summed E-state index contributed by atoms with van der Waals surface area (Å²) in [5.74, 6) is 0. The lowest BCUT2D eigenvalue weighted by Crippen LogP contribution is -2.41. The quantitative estimate of drug-likeness (QED) is 0.677. The third-order valence-corrected chi connectivity index (χ3v) is 3.31. The van der Waals surface area contributed by atoms with Gasteiger partial charge in [0.05, 0.1) is 0 Å². The zero-order chi connectivity index (χ0) is 10.3. The summed E-state index contributed by atoms with van der Waals surface area (Å²) in [6.45, 7) is 7.39.